The van der Waals surface area contributed by atoms with Crippen LogP contribution in [0.2, 0.25) is 5.02 Å². The summed E-state index contributed by atoms with van der Waals surface area (Å²) < 4.78 is 18.8. The van der Waals surface area contributed by atoms with E-state index in [2.05, 4.69) is 16.2 Å². The Morgan fingerprint density at radius 1 is 1.65 bits per heavy atom. The highest BCUT2D eigenvalue weighted by Gasteiger charge is 2.13. The summed E-state index contributed by atoms with van der Waals surface area (Å²) in [6, 6.07) is 3.40. The summed E-state index contributed by atoms with van der Waals surface area (Å²) in [4.78, 5) is 4.09. The molecule has 0 saturated heterocycles. The van der Waals surface area contributed by atoms with Gasteiger partial charge in [-0.2, -0.15) is 0 Å². The molecule has 0 heterocycles. The van der Waals surface area contributed by atoms with Gasteiger partial charge in [-0.3, -0.25) is 0 Å². The number of hydrogen-bond acceptors (Lipinski definition) is 2. The van der Waals surface area contributed by atoms with Crippen LogP contribution in [0.4, 0.5) is 4.39 Å². The van der Waals surface area contributed by atoms with Gasteiger partial charge in [0.05, 0.1) is 6.61 Å². The SMILES string of the molecule is C#CC(N=C(N)NC(C)COC)c1ccc(Cl)cc1F. The van der Waals surface area contributed by atoms with Gasteiger partial charge in [-0.15, -0.1) is 6.42 Å². The summed E-state index contributed by atoms with van der Waals surface area (Å²) >= 11 is 5.70. The van der Waals surface area contributed by atoms with Gasteiger partial charge in [0, 0.05) is 23.7 Å². The zero-order valence-corrected chi connectivity index (χ0v) is 12.1. The zero-order chi connectivity index (χ0) is 15.1. The lowest BCUT2D eigenvalue weighted by molar-refractivity contribution is 0.179. The molecule has 0 radical (unpaired) electrons. The van der Waals surface area contributed by atoms with E-state index in [0.717, 1.165) is 0 Å². The molecule has 0 aliphatic carbocycles. The van der Waals surface area contributed by atoms with Crippen molar-refractivity contribution >= 4 is 17.6 Å². The number of aliphatic imine (C=N–C) groups is 1. The van der Waals surface area contributed by atoms with E-state index in [1.807, 2.05) is 6.92 Å². The maximum absolute atomic E-state index is 13.8. The first-order valence-corrected chi connectivity index (χ1v) is 6.35. The molecule has 0 saturated carbocycles. The van der Waals surface area contributed by atoms with Crippen LogP contribution in [0.5, 0.6) is 0 Å². The maximum atomic E-state index is 13.8. The lowest BCUT2D eigenvalue weighted by Gasteiger charge is -2.15. The predicted molar refractivity (Wildman–Crippen MR) is 79.1 cm³/mol. The molecule has 20 heavy (non-hydrogen) atoms. The van der Waals surface area contributed by atoms with Gasteiger partial charge < -0.3 is 15.8 Å². The first-order valence-electron chi connectivity index (χ1n) is 5.97. The largest absolute Gasteiger partial charge is 0.383 e. The third-order valence-electron chi connectivity index (χ3n) is 2.49. The van der Waals surface area contributed by atoms with E-state index in [1.165, 1.54) is 12.1 Å². The average Bonchev–Trinajstić information content (AvgIpc) is 2.36. The Balaban J connectivity index is 2.88. The van der Waals surface area contributed by atoms with Crippen LogP contribution in [0, 0.1) is 18.2 Å². The number of nitrogens with zero attached hydrogens (tertiary/aromatic N) is 1. The Labute approximate surface area is 123 Å². The van der Waals surface area contributed by atoms with Crippen molar-refractivity contribution in [2.45, 2.75) is 19.0 Å². The van der Waals surface area contributed by atoms with Crippen molar-refractivity contribution in [3.05, 3.63) is 34.6 Å². The molecule has 6 heteroatoms. The van der Waals surface area contributed by atoms with Crippen LogP contribution in [0.3, 0.4) is 0 Å². The van der Waals surface area contributed by atoms with Crippen LogP contribution in [0.25, 0.3) is 0 Å². The minimum Gasteiger partial charge on any atom is -0.383 e. The molecule has 0 aliphatic rings. The van der Waals surface area contributed by atoms with Crippen molar-refractivity contribution in [3.63, 3.8) is 0 Å². The van der Waals surface area contributed by atoms with Crippen LogP contribution >= 0.6 is 11.6 Å². The number of benzene rings is 1. The molecule has 0 aromatic heterocycles. The van der Waals surface area contributed by atoms with E-state index in [0.29, 0.717) is 11.6 Å². The first-order chi connectivity index (χ1) is 9.47. The Kier molecular flexibility index (Phi) is 6.29. The summed E-state index contributed by atoms with van der Waals surface area (Å²) in [5.41, 5.74) is 5.99. The maximum Gasteiger partial charge on any atom is 0.190 e. The topological polar surface area (TPSA) is 59.6 Å². The highest BCUT2D eigenvalue weighted by Crippen LogP contribution is 2.22. The molecule has 1 aromatic rings. The van der Waals surface area contributed by atoms with Gasteiger partial charge in [0.25, 0.3) is 0 Å². The van der Waals surface area contributed by atoms with Crippen molar-refractivity contribution in [2.75, 3.05) is 13.7 Å². The quantitative estimate of drug-likeness (QED) is 0.497. The lowest BCUT2D eigenvalue weighted by Crippen LogP contribution is -2.40. The van der Waals surface area contributed by atoms with Gasteiger partial charge in [0.15, 0.2) is 5.96 Å². The van der Waals surface area contributed by atoms with Gasteiger partial charge in [-0.1, -0.05) is 23.6 Å². The molecule has 0 spiro atoms. The normalized spacial score (nSPS) is 14.4. The molecule has 0 fully saturated rings. The van der Waals surface area contributed by atoms with Crippen molar-refractivity contribution < 1.29 is 9.13 Å². The zero-order valence-electron chi connectivity index (χ0n) is 11.4. The highest BCUT2D eigenvalue weighted by molar-refractivity contribution is 6.30. The first kappa shape index (κ1) is 16.3. The molecule has 0 bridgehead atoms. The fourth-order valence-electron chi connectivity index (χ4n) is 1.64. The Morgan fingerprint density at radius 3 is 2.90 bits per heavy atom. The second-order valence-electron chi connectivity index (χ2n) is 4.25. The number of methoxy groups -OCH3 is 1. The molecule has 1 rings (SSSR count). The molecule has 3 N–H and O–H groups in total. The van der Waals surface area contributed by atoms with Crippen LogP contribution in [0.1, 0.15) is 18.5 Å². The van der Waals surface area contributed by atoms with Crippen molar-refractivity contribution in [1.82, 2.24) is 5.32 Å². The molecule has 1 aromatic carbocycles. The standard InChI is InChI=1S/C14H17ClFN3O/c1-4-13(11-6-5-10(15)7-12(11)16)19-14(17)18-9(2)8-20-3/h1,5-7,9,13H,8H2,2-3H3,(H3,17,18,19). The second-order valence-corrected chi connectivity index (χ2v) is 4.69. The van der Waals surface area contributed by atoms with E-state index in [1.54, 1.807) is 13.2 Å². The molecule has 2 atom stereocenters. The fraction of sp³-hybridized carbons (Fsp3) is 0.357. The second kappa shape index (κ2) is 7.73. The van der Waals surface area contributed by atoms with Gasteiger partial charge in [-0.25, -0.2) is 9.38 Å². The fourth-order valence-corrected chi connectivity index (χ4v) is 1.80. The van der Waals surface area contributed by atoms with E-state index < -0.39 is 11.9 Å². The summed E-state index contributed by atoms with van der Waals surface area (Å²) in [5, 5.41) is 3.20. The molecule has 2 unspecified atom stereocenters. The molecule has 4 nitrogen and oxygen atoms in total. The number of rotatable bonds is 5. The van der Waals surface area contributed by atoms with E-state index in [-0.39, 0.29) is 17.6 Å². The van der Waals surface area contributed by atoms with Gasteiger partial charge >= 0.3 is 0 Å². The Bertz CT molecular complexity index is 528. The molecule has 0 amide bonds. The number of halogens is 2. The summed E-state index contributed by atoms with van der Waals surface area (Å²) in [7, 11) is 1.58. The number of terminal acetylenes is 1. The number of hydrogen-bond donors (Lipinski definition) is 2. The van der Waals surface area contributed by atoms with E-state index >= 15 is 0 Å². The van der Waals surface area contributed by atoms with Crippen molar-refractivity contribution in [2.24, 2.45) is 10.7 Å². The lowest BCUT2D eigenvalue weighted by atomic mass is 10.1. The van der Waals surface area contributed by atoms with Crippen molar-refractivity contribution in [1.29, 1.82) is 0 Å². The number of guanidine groups is 1. The van der Waals surface area contributed by atoms with E-state index in [9.17, 15) is 4.39 Å². The molecular formula is C14H17ClFN3O. The van der Waals surface area contributed by atoms with Crippen LogP contribution < -0.4 is 11.1 Å². The average molecular weight is 298 g/mol. The smallest absolute Gasteiger partial charge is 0.190 e. The number of ether oxygens (including phenoxy) is 1. The number of nitrogens with two attached hydrogens (primary N) is 1. The van der Waals surface area contributed by atoms with Crippen LogP contribution in [-0.2, 0) is 4.74 Å². The van der Waals surface area contributed by atoms with Crippen LogP contribution in [0.15, 0.2) is 23.2 Å². The Morgan fingerprint density at radius 2 is 2.35 bits per heavy atom. The molecule has 108 valence electrons. The van der Waals surface area contributed by atoms with Gasteiger partial charge in [0.2, 0.25) is 0 Å². The monoisotopic (exact) mass is 297 g/mol. The minimum atomic E-state index is -0.811. The minimum absolute atomic E-state index is 0.0303. The molecule has 0 aliphatic heterocycles. The van der Waals surface area contributed by atoms with E-state index in [4.69, 9.17) is 28.5 Å². The van der Waals surface area contributed by atoms with Gasteiger partial charge in [0.1, 0.15) is 11.9 Å². The summed E-state index contributed by atoms with van der Waals surface area (Å²) in [5.74, 6) is 2.01. The third kappa shape index (κ3) is 4.72. The van der Waals surface area contributed by atoms with Crippen LogP contribution in [-0.4, -0.2) is 25.7 Å². The number of nitrogens with one attached hydrogen (secondary N) is 1. The molecular weight excluding hydrogens is 281 g/mol. The predicted octanol–water partition coefficient (Wildman–Crippen LogP) is 2.09. The van der Waals surface area contributed by atoms with Gasteiger partial charge in [-0.05, 0) is 19.1 Å². The summed E-state index contributed by atoms with van der Waals surface area (Å²) in [6.45, 7) is 2.34. The third-order valence-corrected chi connectivity index (χ3v) is 2.73. The highest BCUT2D eigenvalue weighted by atomic mass is 35.5. The van der Waals surface area contributed by atoms with Crippen molar-refractivity contribution in [3.8, 4) is 12.3 Å². The summed E-state index contributed by atoms with van der Waals surface area (Å²) in [6.07, 6.45) is 5.38. The Hall–Kier alpha value is -1.77.